The number of hydrogen-bond acceptors (Lipinski definition) is 2. The van der Waals surface area contributed by atoms with Crippen molar-refractivity contribution >= 4 is 11.9 Å². The zero-order valence-corrected chi connectivity index (χ0v) is 10.7. The van der Waals surface area contributed by atoms with Crippen LogP contribution in [0.1, 0.15) is 39.0 Å². The van der Waals surface area contributed by atoms with Crippen LogP contribution >= 0.6 is 0 Å². The van der Waals surface area contributed by atoms with Crippen LogP contribution in [0.2, 0.25) is 0 Å². The largest absolute Gasteiger partial charge is 0.480 e. The molecule has 4 nitrogen and oxygen atoms in total. The number of hydrogen-bond donors (Lipinski definition) is 2. The van der Waals surface area contributed by atoms with Crippen LogP contribution in [0.3, 0.4) is 0 Å². The molecule has 1 saturated carbocycles. The summed E-state index contributed by atoms with van der Waals surface area (Å²) in [6, 6.07) is -0.965. The van der Waals surface area contributed by atoms with Crippen molar-refractivity contribution in [2.45, 2.75) is 51.2 Å². The van der Waals surface area contributed by atoms with Crippen molar-refractivity contribution in [1.82, 2.24) is 5.32 Å². The van der Waals surface area contributed by atoms with Crippen molar-refractivity contribution in [2.24, 2.45) is 11.8 Å². The van der Waals surface area contributed by atoms with Crippen molar-refractivity contribution in [2.75, 3.05) is 0 Å². The second-order valence-corrected chi connectivity index (χ2v) is 4.90. The second kappa shape index (κ2) is 6.25. The standard InChI is InChI=1S/C12H18F3NO3/c1-2-9(11(18)19)16-10(17)7-3-5-8(6-4-7)12(13,14)15/h7-9H,2-6H2,1H3,(H,16,17)(H,18,19)/t7?,8?,9-/m0/s1. The summed E-state index contributed by atoms with van der Waals surface area (Å²) in [5, 5.41) is 11.2. The number of alkyl halides is 3. The molecule has 1 aliphatic carbocycles. The molecule has 1 fully saturated rings. The molecule has 0 aromatic rings. The maximum Gasteiger partial charge on any atom is 0.391 e. The zero-order valence-electron chi connectivity index (χ0n) is 10.7. The van der Waals surface area contributed by atoms with Gasteiger partial charge >= 0.3 is 12.1 Å². The topological polar surface area (TPSA) is 66.4 Å². The molecule has 1 rings (SSSR count). The first-order valence-corrected chi connectivity index (χ1v) is 6.35. The first-order valence-electron chi connectivity index (χ1n) is 6.35. The van der Waals surface area contributed by atoms with Crippen LogP contribution < -0.4 is 5.32 Å². The Labute approximate surface area is 109 Å². The Hall–Kier alpha value is -1.27. The lowest BCUT2D eigenvalue weighted by molar-refractivity contribution is -0.184. The second-order valence-electron chi connectivity index (χ2n) is 4.90. The van der Waals surface area contributed by atoms with E-state index in [0.29, 0.717) is 0 Å². The predicted octanol–water partition coefficient (Wildman–Crippen LogP) is 2.33. The predicted molar refractivity (Wildman–Crippen MR) is 61.4 cm³/mol. The maximum atomic E-state index is 12.5. The van der Waals surface area contributed by atoms with E-state index in [1.165, 1.54) is 0 Å². The Morgan fingerprint density at radius 1 is 1.26 bits per heavy atom. The molecule has 0 unspecified atom stereocenters. The van der Waals surface area contributed by atoms with Crippen LogP contribution in [0.25, 0.3) is 0 Å². The highest BCUT2D eigenvalue weighted by molar-refractivity contribution is 5.84. The number of carboxylic acid groups (broad SMARTS) is 1. The monoisotopic (exact) mass is 281 g/mol. The molecule has 0 aromatic carbocycles. The van der Waals surface area contributed by atoms with Gasteiger partial charge < -0.3 is 10.4 Å². The van der Waals surface area contributed by atoms with E-state index in [-0.39, 0.29) is 32.1 Å². The van der Waals surface area contributed by atoms with Crippen LogP contribution in [0.5, 0.6) is 0 Å². The minimum Gasteiger partial charge on any atom is -0.480 e. The van der Waals surface area contributed by atoms with Crippen molar-refractivity contribution in [3.8, 4) is 0 Å². The third kappa shape index (κ3) is 4.40. The first kappa shape index (κ1) is 15.8. The highest BCUT2D eigenvalue weighted by Gasteiger charge is 2.42. The average molecular weight is 281 g/mol. The van der Waals surface area contributed by atoms with E-state index >= 15 is 0 Å². The third-order valence-electron chi connectivity index (χ3n) is 3.58. The molecule has 110 valence electrons. The van der Waals surface area contributed by atoms with Gasteiger partial charge in [-0.3, -0.25) is 4.79 Å². The summed E-state index contributed by atoms with van der Waals surface area (Å²) in [5.41, 5.74) is 0. The van der Waals surface area contributed by atoms with E-state index < -0.39 is 35.9 Å². The number of aliphatic carboxylic acids is 1. The van der Waals surface area contributed by atoms with Gasteiger partial charge in [-0.15, -0.1) is 0 Å². The minimum atomic E-state index is -4.20. The minimum absolute atomic E-state index is 0.0640. The molecule has 7 heteroatoms. The van der Waals surface area contributed by atoms with Gasteiger partial charge in [0.2, 0.25) is 5.91 Å². The summed E-state index contributed by atoms with van der Waals surface area (Å²) in [7, 11) is 0. The Bertz CT molecular complexity index is 336. The van der Waals surface area contributed by atoms with Crippen molar-refractivity contribution in [3.05, 3.63) is 0 Å². The summed E-state index contributed by atoms with van der Waals surface area (Å²) < 4.78 is 37.4. The van der Waals surface area contributed by atoms with Gasteiger partial charge in [0.25, 0.3) is 0 Å². The van der Waals surface area contributed by atoms with Gasteiger partial charge in [-0.05, 0) is 32.1 Å². The smallest absolute Gasteiger partial charge is 0.391 e. The summed E-state index contributed by atoms with van der Waals surface area (Å²) in [6.07, 6.45) is -3.76. The lowest BCUT2D eigenvalue weighted by atomic mass is 9.81. The molecule has 0 saturated heterocycles. The van der Waals surface area contributed by atoms with Crippen LogP contribution in [0, 0.1) is 11.8 Å². The Morgan fingerprint density at radius 3 is 2.16 bits per heavy atom. The van der Waals surface area contributed by atoms with Gasteiger partial charge in [-0.1, -0.05) is 6.92 Å². The molecule has 0 radical (unpaired) electrons. The number of carbonyl (C=O) groups is 2. The SMILES string of the molecule is CC[C@H](NC(=O)C1CCC(C(F)(F)F)CC1)C(=O)O. The van der Waals surface area contributed by atoms with E-state index in [1.807, 2.05) is 0 Å². The van der Waals surface area contributed by atoms with Gasteiger partial charge in [0.1, 0.15) is 6.04 Å². The molecular formula is C12H18F3NO3. The molecule has 19 heavy (non-hydrogen) atoms. The summed E-state index contributed by atoms with van der Waals surface area (Å²) in [4.78, 5) is 22.5. The Morgan fingerprint density at radius 2 is 1.79 bits per heavy atom. The number of carboxylic acids is 1. The highest BCUT2D eigenvalue weighted by Crippen LogP contribution is 2.39. The maximum absolute atomic E-state index is 12.5. The Kier molecular flexibility index (Phi) is 5.20. The molecular weight excluding hydrogens is 263 g/mol. The molecule has 1 amide bonds. The molecule has 1 atom stereocenters. The van der Waals surface area contributed by atoms with Gasteiger partial charge in [0, 0.05) is 5.92 Å². The lowest BCUT2D eigenvalue weighted by Gasteiger charge is -2.29. The molecule has 1 aliphatic rings. The number of halogens is 3. The third-order valence-corrected chi connectivity index (χ3v) is 3.58. The van der Waals surface area contributed by atoms with Gasteiger partial charge in [0.05, 0.1) is 5.92 Å². The molecule has 0 spiro atoms. The fourth-order valence-corrected chi connectivity index (χ4v) is 2.31. The van der Waals surface area contributed by atoms with E-state index in [2.05, 4.69) is 5.32 Å². The van der Waals surface area contributed by atoms with Crippen LogP contribution in [0.15, 0.2) is 0 Å². The van der Waals surface area contributed by atoms with Gasteiger partial charge in [0.15, 0.2) is 0 Å². The molecule has 0 heterocycles. The molecule has 0 aromatic heterocycles. The zero-order chi connectivity index (χ0) is 14.6. The van der Waals surface area contributed by atoms with Gasteiger partial charge in [-0.2, -0.15) is 13.2 Å². The number of rotatable bonds is 4. The fraction of sp³-hybridized carbons (Fsp3) is 0.833. The van der Waals surface area contributed by atoms with E-state index in [0.717, 1.165) is 0 Å². The van der Waals surface area contributed by atoms with E-state index in [1.54, 1.807) is 6.92 Å². The normalized spacial score (nSPS) is 25.7. The molecule has 2 N–H and O–H groups in total. The van der Waals surface area contributed by atoms with Crippen molar-refractivity contribution in [3.63, 3.8) is 0 Å². The highest BCUT2D eigenvalue weighted by atomic mass is 19.4. The number of amides is 1. The summed E-state index contributed by atoms with van der Waals surface area (Å²) >= 11 is 0. The van der Waals surface area contributed by atoms with Crippen LogP contribution in [-0.4, -0.2) is 29.2 Å². The summed E-state index contributed by atoms with van der Waals surface area (Å²) in [6.45, 7) is 1.62. The lowest BCUT2D eigenvalue weighted by Crippen LogP contribution is -2.44. The van der Waals surface area contributed by atoms with E-state index in [4.69, 9.17) is 5.11 Å². The average Bonchev–Trinajstić information content (AvgIpc) is 2.34. The van der Waals surface area contributed by atoms with Crippen molar-refractivity contribution in [1.29, 1.82) is 0 Å². The van der Waals surface area contributed by atoms with Gasteiger partial charge in [-0.25, -0.2) is 4.79 Å². The van der Waals surface area contributed by atoms with Crippen molar-refractivity contribution < 1.29 is 27.9 Å². The van der Waals surface area contributed by atoms with Crippen LogP contribution in [-0.2, 0) is 9.59 Å². The first-order chi connectivity index (χ1) is 8.75. The number of nitrogens with one attached hydrogen (secondary N) is 1. The quantitative estimate of drug-likeness (QED) is 0.831. The molecule has 0 bridgehead atoms. The fourth-order valence-electron chi connectivity index (χ4n) is 2.31. The molecule has 0 aliphatic heterocycles. The van der Waals surface area contributed by atoms with E-state index in [9.17, 15) is 22.8 Å². The Balaban J connectivity index is 2.47. The van der Waals surface area contributed by atoms with Crippen LogP contribution in [0.4, 0.5) is 13.2 Å². The number of carbonyl (C=O) groups excluding carboxylic acids is 1. The summed E-state index contributed by atoms with van der Waals surface area (Å²) in [5.74, 6) is -3.42.